The zero-order chi connectivity index (χ0) is 37.0. The van der Waals surface area contributed by atoms with Crippen LogP contribution < -0.4 is 4.90 Å². The Hall–Kier alpha value is -7.42. The van der Waals surface area contributed by atoms with E-state index in [4.69, 9.17) is 4.42 Å². The van der Waals surface area contributed by atoms with Gasteiger partial charge in [0.2, 0.25) is 0 Å². The van der Waals surface area contributed by atoms with Crippen molar-refractivity contribution < 1.29 is 4.42 Å². The van der Waals surface area contributed by atoms with E-state index in [1.165, 1.54) is 49.2 Å². The lowest BCUT2D eigenvalue weighted by atomic mass is 9.94. The summed E-state index contributed by atoms with van der Waals surface area (Å²) in [5, 5.41) is 9.42. The third-order valence-electron chi connectivity index (χ3n) is 11.2. The third kappa shape index (κ3) is 5.34. The number of rotatable bonds is 6. The molecule has 0 bridgehead atoms. The molecule has 0 amide bonds. The maximum absolute atomic E-state index is 7.02. The fourth-order valence-electron chi connectivity index (χ4n) is 8.51. The van der Waals surface area contributed by atoms with E-state index >= 15 is 0 Å². The molecule has 0 saturated carbocycles. The van der Waals surface area contributed by atoms with Crippen LogP contribution in [0.15, 0.2) is 217 Å². The van der Waals surface area contributed by atoms with Gasteiger partial charge in [0.15, 0.2) is 0 Å². The number of benzene rings is 10. The first-order valence-corrected chi connectivity index (χ1v) is 19.2. The van der Waals surface area contributed by atoms with Crippen molar-refractivity contribution in [3.63, 3.8) is 0 Å². The molecule has 0 aliphatic heterocycles. The second-order valence-corrected chi connectivity index (χ2v) is 14.5. The van der Waals surface area contributed by atoms with Crippen LogP contribution in [0.5, 0.6) is 0 Å². The molecule has 262 valence electrons. The van der Waals surface area contributed by atoms with Gasteiger partial charge in [-0.05, 0) is 91.1 Å². The van der Waals surface area contributed by atoms with Gasteiger partial charge in [-0.15, -0.1) is 0 Å². The number of hydrogen-bond donors (Lipinski definition) is 0. The summed E-state index contributed by atoms with van der Waals surface area (Å²) < 4.78 is 7.02. The van der Waals surface area contributed by atoms with Crippen LogP contribution in [0.1, 0.15) is 0 Å². The molecule has 11 rings (SSSR count). The van der Waals surface area contributed by atoms with Crippen molar-refractivity contribution in [2.24, 2.45) is 0 Å². The van der Waals surface area contributed by atoms with Crippen LogP contribution in [-0.2, 0) is 0 Å². The molecule has 0 unspecified atom stereocenters. The average molecular weight is 714 g/mol. The Morgan fingerprint density at radius 1 is 0.321 bits per heavy atom. The van der Waals surface area contributed by atoms with Crippen molar-refractivity contribution in [2.45, 2.75) is 0 Å². The first kappa shape index (κ1) is 32.0. The highest BCUT2D eigenvalue weighted by molar-refractivity contribution is 6.30. The average Bonchev–Trinajstić information content (AvgIpc) is 3.66. The van der Waals surface area contributed by atoms with Crippen LogP contribution >= 0.6 is 0 Å². The summed E-state index contributed by atoms with van der Waals surface area (Å²) in [6.45, 7) is 0. The lowest BCUT2D eigenvalue weighted by molar-refractivity contribution is 0.673. The normalized spacial score (nSPS) is 11.6. The molecule has 10 aromatic carbocycles. The van der Waals surface area contributed by atoms with E-state index in [0.29, 0.717) is 0 Å². The molecule has 11 aromatic rings. The van der Waals surface area contributed by atoms with E-state index in [0.717, 1.165) is 55.5 Å². The summed E-state index contributed by atoms with van der Waals surface area (Å²) in [6.07, 6.45) is 0. The van der Waals surface area contributed by atoms with Gasteiger partial charge < -0.3 is 9.32 Å². The van der Waals surface area contributed by atoms with Crippen LogP contribution in [0.2, 0.25) is 0 Å². The van der Waals surface area contributed by atoms with Crippen molar-refractivity contribution in [1.82, 2.24) is 0 Å². The molecule has 0 aliphatic carbocycles. The SMILES string of the molecule is c1ccc(-c2ccc(N(c3ccc(-c4ccccc4)cc3)c3cc4oc5c6ccccc6c6ccccc6c5c4cc3-c3ccc4ccccc4c3)cc2)cc1. The fourth-order valence-corrected chi connectivity index (χ4v) is 8.51. The van der Waals surface area contributed by atoms with E-state index in [9.17, 15) is 0 Å². The summed E-state index contributed by atoms with van der Waals surface area (Å²) in [5.41, 5.74) is 11.9. The quantitative estimate of drug-likeness (QED) is 0.160. The molecule has 0 atom stereocenters. The highest BCUT2D eigenvalue weighted by Crippen LogP contribution is 2.48. The van der Waals surface area contributed by atoms with Crippen LogP contribution in [0.3, 0.4) is 0 Å². The predicted molar refractivity (Wildman–Crippen MR) is 237 cm³/mol. The Labute approximate surface area is 325 Å². The van der Waals surface area contributed by atoms with Crippen molar-refractivity contribution >= 4 is 71.3 Å². The first-order valence-electron chi connectivity index (χ1n) is 19.2. The van der Waals surface area contributed by atoms with Crippen molar-refractivity contribution in [3.8, 4) is 33.4 Å². The molecule has 0 radical (unpaired) electrons. The second-order valence-electron chi connectivity index (χ2n) is 14.5. The summed E-state index contributed by atoms with van der Waals surface area (Å²) in [7, 11) is 0. The van der Waals surface area contributed by atoms with Gasteiger partial charge in [0.1, 0.15) is 11.2 Å². The van der Waals surface area contributed by atoms with Crippen molar-refractivity contribution in [3.05, 3.63) is 212 Å². The lowest BCUT2D eigenvalue weighted by Crippen LogP contribution is -2.11. The molecule has 0 spiro atoms. The zero-order valence-corrected chi connectivity index (χ0v) is 30.6. The monoisotopic (exact) mass is 713 g/mol. The smallest absolute Gasteiger partial charge is 0.143 e. The van der Waals surface area contributed by atoms with Gasteiger partial charge in [-0.25, -0.2) is 0 Å². The highest BCUT2D eigenvalue weighted by Gasteiger charge is 2.23. The van der Waals surface area contributed by atoms with E-state index in [1.807, 2.05) is 0 Å². The maximum atomic E-state index is 7.02. The Balaban J connectivity index is 1.20. The minimum atomic E-state index is 0.854. The summed E-state index contributed by atoms with van der Waals surface area (Å²) in [5.74, 6) is 0. The number of hydrogen-bond acceptors (Lipinski definition) is 2. The van der Waals surface area contributed by atoms with E-state index in [2.05, 4.69) is 217 Å². The molecule has 1 aromatic heterocycles. The van der Waals surface area contributed by atoms with Gasteiger partial charge in [0.05, 0.1) is 5.69 Å². The first-order chi connectivity index (χ1) is 27.8. The molecule has 0 aliphatic rings. The van der Waals surface area contributed by atoms with Crippen LogP contribution in [0.25, 0.3) is 87.6 Å². The van der Waals surface area contributed by atoms with Crippen molar-refractivity contribution in [2.75, 3.05) is 4.90 Å². The van der Waals surface area contributed by atoms with E-state index < -0.39 is 0 Å². The number of anilines is 3. The van der Waals surface area contributed by atoms with Crippen LogP contribution in [-0.4, -0.2) is 0 Å². The Bertz CT molecular complexity index is 3130. The molecule has 0 fully saturated rings. The topological polar surface area (TPSA) is 16.4 Å². The van der Waals surface area contributed by atoms with Gasteiger partial charge in [-0.1, -0.05) is 170 Å². The standard InChI is InChI=1S/C54H35NO/c1-3-13-36(14-4-1)39-25-29-43(30-26-39)55(44-31-27-40(28-32-44)37-15-5-2-6-16-37)51-35-52-50(34-49(51)42-24-23-38-17-7-8-18-41(38)33-42)53-47-21-11-9-19-45(47)46-20-10-12-22-48(46)54(53)56-52/h1-35H. The minimum Gasteiger partial charge on any atom is -0.455 e. The second kappa shape index (κ2) is 13.2. The molecule has 2 nitrogen and oxygen atoms in total. The summed E-state index contributed by atoms with van der Waals surface area (Å²) in [4.78, 5) is 2.39. The lowest BCUT2D eigenvalue weighted by Gasteiger charge is -2.28. The highest BCUT2D eigenvalue weighted by atomic mass is 16.3. The van der Waals surface area contributed by atoms with Crippen LogP contribution in [0.4, 0.5) is 17.1 Å². The summed E-state index contributed by atoms with van der Waals surface area (Å²) in [6, 6.07) is 76.4. The Kier molecular flexibility index (Phi) is 7.53. The molecule has 0 saturated heterocycles. The number of fused-ring (bicyclic) bond motifs is 9. The van der Waals surface area contributed by atoms with Crippen LogP contribution in [0, 0.1) is 0 Å². The van der Waals surface area contributed by atoms with Gasteiger partial charge in [0, 0.05) is 39.2 Å². The van der Waals surface area contributed by atoms with Gasteiger partial charge in [0.25, 0.3) is 0 Å². The van der Waals surface area contributed by atoms with Gasteiger partial charge in [-0.2, -0.15) is 0 Å². The predicted octanol–water partition coefficient (Wildman–Crippen LogP) is 15.5. The Morgan fingerprint density at radius 3 is 1.43 bits per heavy atom. The molecule has 0 N–H and O–H groups in total. The largest absolute Gasteiger partial charge is 0.455 e. The van der Waals surface area contributed by atoms with Crippen molar-refractivity contribution in [1.29, 1.82) is 0 Å². The molecular weight excluding hydrogens is 679 g/mol. The summed E-state index contributed by atoms with van der Waals surface area (Å²) >= 11 is 0. The molecule has 56 heavy (non-hydrogen) atoms. The van der Waals surface area contributed by atoms with Gasteiger partial charge >= 0.3 is 0 Å². The van der Waals surface area contributed by atoms with E-state index in [-0.39, 0.29) is 0 Å². The number of nitrogens with zero attached hydrogens (tertiary/aromatic N) is 1. The maximum Gasteiger partial charge on any atom is 0.143 e. The fraction of sp³-hybridized carbons (Fsp3) is 0. The minimum absolute atomic E-state index is 0.854. The zero-order valence-electron chi connectivity index (χ0n) is 30.6. The number of furan rings is 1. The van der Waals surface area contributed by atoms with E-state index in [1.54, 1.807) is 0 Å². The molecular formula is C54H35NO. The van der Waals surface area contributed by atoms with Gasteiger partial charge in [-0.3, -0.25) is 0 Å². The molecule has 2 heteroatoms. The Morgan fingerprint density at radius 2 is 0.804 bits per heavy atom. The molecule has 1 heterocycles. The third-order valence-corrected chi connectivity index (χ3v) is 11.2.